The van der Waals surface area contributed by atoms with E-state index in [0.717, 1.165) is 0 Å². The van der Waals surface area contributed by atoms with E-state index in [4.69, 9.17) is 0 Å². The summed E-state index contributed by atoms with van der Waals surface area (Å²) in [6, 6.07) is 3.02. The lowest BCUT2D eigenvalue weighted by Crippen LogP contribution is -2.38. The Morgan fingerprint density at radius 1 is 0.767 bits per heavy atom. The molecule has 2 aromatic carbocycles. The molecule has 0 aliphatic heterocycles. The summed E-state index contributed by atoms with van der Waals surface area (Å²) < 4.78 is 0. The Labute approximate surface area is 176 Å². The van der Waals surface area contributed by atoms with Crippen LogP contribution in [0, 0.1) is 5.92 Å². The maximum Gasteiger partial charge on any atom is 0.200 e. The van der Waals surface area contributed by atoms with E-state index in [9.17, 15) is 30.6 Å². The first-order valence-electron chi connectivity index (χ1n) is 10.5. The maximum absolute atomic E-state index is 10.9. The molecule has 6 nitrogen and oxygen atoms in total. The van der Waals surface area contributed by atoms with Gasteiger partial charge in [-0.2, -0.15) is 0 Å². The lowest BCUT2D eigenvalue weighted by atomic mass is 9.63. The summed E-state index contributed by atoms with van der Waals surface area (Å²) in [6.45, 7) is 10.2. The topological polar surface area (TPSA) is 121 Å². The molecule has 4 unspecified atom stereocenters. The van der Waals surface area contributed by atoms with Crippen molar-refractivity contribution in [3.63, 3.8) is 0 Å². The molecule has 0 aromatic heterocycles. The molecule has 2 aromatic rings. The lowest BCUT2D eigenvalue weighted by Gasteiger charge is -2.39. The minimum Gasteiger partial charge on any atom is -0.504 e. The molecule has 4 rings (SSSR count). The largest absolute Gasteiger partial charge is 0.504 e. The summed E-state index contributed by atoms with van der Waals surface area (Å²) >= 11 is 0. The molecule has 162 valence electrons. The Kier molecular flexibility index (Phi) is 4.03. The van der Waals surface area contributed by atoms with Crippen molar-refractivity contribution >= 4 is 0 Å². The van der Waals surface area contributed by atoms with Gasteiger partial charge in [0.1, 0.15) is 0 Å². The summed E-state index contributed by atoms with van der Waals surface area (Å²) in [5, 5.41) is 63.0. The first kappa shape index (κ1) is 20.5. The van der Waals surface area contributed by atoms with Gasteiger partial charge >= 0.3 is 0 Å². The average Bonchev–Trinajstić information content (AvgIpc) is 3.07. The van der Waals surface area contributed by atoms with E-state index < -0.39 is 39.2 Å². The molecular formula is C24H30O6. The van der Waals surface area contributed by atoms with Crippen molar-refractivity contribution in [2.75, 3.05) is 0 Å². The molecule has 0 amide bonds. The highest BCUT2D eigenvalue weighted by Crippen LogP contribution is 2.71. The Morgan fingerprint density at radius 2 is 1.23 bits per heavy atom. The average molecular weight is 414 g/mol. The summed E-state index contributed by atoms with van der Waals surface area (Å²) in [5.41, 5.74) is 0.801. The fourth-order valence-electron chi connectivity index (χ4n) is 6.39. The normalized spacial score (nSPS) is 31.8. The van der Waals surface area contributed by atoms with E-state index >= 15 is 0 Å². The standard InChI is InChI=1S/C24H30O6/c1-6-22(4)10-24(12-8-14(25)18(27)20(29)16(12)22)11(3)23(5,7-2)17-13(24)9-15(26)19(28)21(17)30/h8-9,11,25-30H,6-7,10H2,1-5H3. The van der Waals surface area contributed by atoms with Gasteiger partial charge in [-0.05, 0) is 53.9 Å². The van der Waals surface area contributed by atoms with Crippen molar-refractivity contribution < 1.29 is 30.6 Å². The lowest BCUT2D eigenvalue weighted by molar-refractivity contribution is 0.213. The third-order valence-electron chi connectivity index (χ3n) is 8.52. The van der Waals surface area contributed by atoms with E-state index in [-0.39, 0.29) is 17.4 Å². The molecular weight excluding hydrogens is 384 g/mol. The molecule has 6 N–H and O–H groups in total. The van der Waals surface area contributed by atoms with Crippen LogP contribution in [0.5, 0.6) is 34.5 Å². The molecule has 4 atom stereocenters. The zero-order valence-corrected chi connectivity index (χ0v) is 18.0. The zero-order valence-electron chi connectivity index (χ0n) is 18.0. The summed E-state index contributed by atoms with van der Waals surface area (Å²) in [7, 11) is 0. The van der Waals surface area contributed by atoms with Crippen molar-refractivity contribution in [3.8, 4) is 34.5 Å². The fourth-order valence-corrected chi connectivity index (χ4v) is 6.39. The van der Waals surface area contributed by atoms with Crippen LogP contribution in [0.1, 0.15) is 76.1 Å². The predicted molar refractivity (Wildman–Crippen MR) is 113 cm³/mol. The number of rotatable bonds is 2. The minimum absolute atomic E-state index is 0.0902. The Hall–Kier alpha value is -2.76. The van der Waals surface area contributed by atoms with Crippen molar-refractivity contribution in [1.82, 2.24) is 0 Å². The minimum atomic E-state index is -0.731. The van der Waals surface area contributed by atoms with Crippen LogP contribution >= 0.6 is 0 Å². The summed E-state index contributed by atoms with van der Waals surface area (Å²) in [6.07, 6.45) is 1.92. The van der Waals surface area contributed by atoms with Crippen molar-refractivity contribution in [3.05, 3.63) is 34.4 Å². The molecule has 0 radical (unpaired) electrons. The first-order chi connectivity index (χ1) is 13.9. The summed E-state index contributed by atoms with van der Waals surface area (Å²) in [5.74, 6) is -2.62. The quantitative estimate of drug-likeness (QED) is 0.400. The second-order valence-electron chi connectivity index (χ2n) is 9.59. The third-order valence-corrected chi connectivity index (χ3v) is 8.52. The van der Waals surface area contributed by atoms with Crippen molar-refractivity contribution in [2.45, 2.75) is 70.1 Å². The molecule has 0 heterocycles. The third kappa shape index (κ3) is 2.04. The van der Waals surface area contributed by atoms with Crippen LogP contribution in [0.4, 0.5) is 0 Å². The second kappa shape index (κ2) is 5.90. The Balaban J connectivity index is 2.20. The highest BCUT2D eigenvalue weighted by Gasteiger charge is 2.64. The zero-order chi connectivity index (χ0) is 22.4. The van der Waals surface area contributed by atoms with Gasteiger partial charge in [0.25, 0.3) is 0 Å². The van der Waals surface area contributed by atoms with Crippen LogP contribution in [-0.4, -0.2) is 30.6 Å². The fraction of sp³-hybridized carbons (Fsp3) is 0.500. The van der Waals surface area contributed by atoms with Gasteiger partial charge in [-0.1, -0.05) is 34.6 Å². The highest BCUT2D eigenvalue weighted by molar-refractivity contribution is 5.72. The number of aromatic hydroxyl groups is 6. The predicted octanol–water partition coefficient (Wildman–Crippen LogP) is 4.60. The highest BCUT2D eigenvalue weighted by atomic mass is 16.3. The number of hydrogen-bond donors (Lipinski definition) is 6. The van der Waals surface area contributed by atoms with Gasteiger partial charge < -0.3 is 30.6 Å². The van der Waals surface area contributed by atoms with E-state index in [2.05, 4.69) is 6.92 Å². The van der Waals surface area contributed by atoms with Gasteiger partial charge in [-0.3, -0.25) is 0 Å². The second-order valence-corrected chi connectivity index (χ2v) is 9.59. The molecule has 0 saturated carbocycles. The number of phenolic OH excluding ortho intramolecular Hbond substituents is 6. The number of benzene rings is 2. The van der Waals surface area contributed by atoms with E-state index in [1.165, 1.54) is 12.1 Å². The van der Waals surface area contributed by atoms with E-state index in [1.807, 2.05) is 27.7 Å². The van der Waals surface area contributed by atoms with Crippen LogP contribution in [-0.2, 0) is 16.2 Å². The van der Waals surface area contributed by atoms with Crippen LogP contribution in [0.3, 0.4) is 0 Å². The molecule has 0 fully saturated rings. The number of hydrogen-bond acceptors (Lipinski definition) is 6. The van der Waals surface area contributed by atoms with Crippen LogP contribution < -0.4 is 0 Å². The summed E-state index contributed by atoms with van der Waals surface area (Å²) in [4.78, 5) is 0. The van der Waals surface area contributed by atoms with E-state index in [0.29, 0.717) is 41.5 Å². The van der Waals surface area contributed by atoms with Gasteiger partial charge in [0.2, 0.25) is 11.5 Å². The monoisotopic (exact) mass is 414 g/mol. The van der Waals surface area contributed by atoms with Crippen molar-refractivity contribution in [2.24, 2.45) is 5.92 Å². The molecule has 6 heteroatoms. The first-order valence-corrected chi connectivity index (χ1v) is 10.5. The molecule has 0 saturated heterocycles. The molecule has 1 spiro atoms. The van der Waals surface area contributed by atoms with E-state index in [1.54, 1.807) is 0 Å². The SMILES string of the molecule is CCC1(C)CC2(c3cc(O)c(O)c(O)c31)c1cc(O)c(O)c(O)c1C(C)(CC)C2C. The Morgan fingerprint density at radius 3 is 1.70 bits per heavy atom. The molecule has 2 aliphatic rings. The van der Waals surface area contributed by atoms with Gasteiger partial charge in [0.15, 0.2) is 23.0 Å². The Bertz CT molecular complexity index is 1060. The van der Waals surface area contributed by atoms with Crippen LogP contribution in [0.25, 0.3) is 0 Å². The van der Waals surface area contributed by atoms with Gasteiger partial charge in [0, 0.05) is 22.0 Å². The van der Waals surface area contributed by atoms with Gasteiger partial charge in [-0.25, -0.2) is 0 Å². The smallest absolute Gasteiger partial charge is 0.200 e. The molecule has 0 bridgehead atoms. The number of phenols is 6. The van der Waals surface area contributed by atoms with Gasteiger partial charge in [0.05, 0.1) is 0 Å². The van der Waals surface area contributed by atoms with Crippen molar-refractivity contribution in [1.29, 1.82) is 0 Å². The maximum atomic E-state index is 10.9. The number of fused-ring (bicyclic) bond motifs is 4. The molecule has 30 heavy (non-hydrogen) atoms. The van der Waals surface area contributed by atoms with Crippen LogP contribution in [0.15, 0.2) is 12.1 Å². The van der Waals surface area contributed by atoms with Gasteiger partial charge in [-0.15, -0.1) is 0 Å². The molecule has 2 aliphatic carbocycles. The van der Waals surface area contributed by atoms with Crippen LogP contribution in [0.2, 0.25) is 0 Å².